The van der Waals surface area contributed by atoms with Gasteiger partial charge in [0.2, 0.25) is 0 Å². The summed E-state index contributed by atoms with van der Waals surface area (Å²) >= 11 is 0. The first kappa shape index (κ1) is 20.4. The molecular formula is C24H32O5. The maximum absolute atomic E-state index is 13.1. The average molecular weight is 401 g/mol. The third-order valence-electron chi connectivity index (χ3n) is 9.04. The lowest BCUT2D eigenvalue weighted by molar-refractivity contribution is -0.187. The predicted octanol–water partition coefficient (Wildman–Crippen LogP) is 4.32. The van der Waals surface area contributed by atoms with E-state index in [9.17, 15) is 19.5 Å². The van der Waals surface area contributed by atoms with Crippen molar-refractivity contribution in [2.75, 3.05) is 0 Å². The van der Waals surface area contributed by atoms with Gasteiger partial charge in [-0.25, -0.2) is 0 Å². The fourth-order valence-corrected chi connectivity index (χ4v) is 7.76. The van der Waals surface area contributed by atoms with E-state index in [1.54, 1.807) is 13.0 Å². The highest BCUT2D eigenvalue weighted by molar-refractivity contribution is 5.99. The van der Waals surface area contributed by atoms with Gasteiger partial charge in [0.15, 0.2) is 17.2 Å². The quantitative estimate of drug-likeness (QED) is 0.698. The van der Waals surface area contributed by atoms with Gasteiger partial charge in [0.05, 0.1) is 5.41 Å². The molecule has 0 aliphatic heterocycles. The van der Waals surface area contributed by atoms with Crippen molar-refractivity contribution in [3.05, 3.63) is 23.5 Å². The number of allylic oxidation sites excluding steroid dienone is 3. The van der Waals surface area contributed by atoms with E-state index < -0.39 is 22.4 Å². The molecule has 0 amide bonds. The molecule has 5 nitrogen and oxygen atoms in total. The normalized spacial score (nSPS) is 46.0. The van der Waals surface area contributed by atoms with Crippen LogP contribution in [0.3, 0.4) is 0 Å². The van der Waals surface area contributed by atoms with Gasteiger partial charge in [-0.2, -0.15) is 0 Å². The van der Waals surface area contributed by atoms with Crippen LogP contribution < -0.4 is 0 Å². The van der Waals surface area contributed by atoms with Gasteiger partial charge in [0.1, 0.15) is 5.76 Å². The summed E-state index contributed by atoms with van der Waals surface area (Å²) in [5.74, 6) is 0.477. The standard InChI is InChI=1S/C24H32O5/c1-13-10-17-18-7-9-24(14(2)25,29-15(3)26)22(18,4)8-6-19(17)23(5)20(13)11-16(27)12-21(23)28/h11-13,17-19,27H,6-10H2,1-5H3/t13-,17-,18-,19-,22-,23+,24+/m0/s1. The van der Waals surface area contributed by atoms with Crippen molar-refractivity contribution in [1.29, 1.82) is 0 Å². The van der Waals surface area contributed by atoms with Gasteiger partial charge in [-0.15, -0.1) is 0 Å². The molecule has 1 N–H and O–H groups in total. The maximum atomic E-state index is 13.1. The van der Waals surface area contributed by atoms with Crippen molar-refractivity contribution in [2.45, 2.75) is 72.3 Å². The number of aliphatic hydroxyl groups is 1. The molecule has 3 saturated carbocycles. The zero-order valence-electron chi connectivity index (χ0n) is 18.1. The minimum absolute atomic E-state index is 0.00605. The lowest BCUT2D eigenvalue weighted by atomic mass is 9.45. The second-order valence-electron chi connectivity index (χ2n) is 10.2. The molecule has 0 saturated heterocycles. The van der Waals surface area contributed by atoms with E-state index in [-0.39, 0.29) is 35.1 Å². The van der Waals surface area contributed by atoms with E-state index in [1.165, 1.54) is 13.0 Å². The van der Waals surface area contributed by atoms with Crippen LogP contribution in [0.15, 0.2) is 23.5 Å². The molecule has 158 valence electrons. The fraction of sp³-hybridized carbons (Fsp3) is 0.708. The molecule has 0 bridgehead atoms. The second-order valence-corrected chi connectivity index (χ2v) is 10.2. The number of carbonyl (C=O) groups is 3. The van der Waals surface area contributed by atoms with E-state index in [0.29, 0.717) is 12.3 Å². The number of hydrogen-bond donors (Lipinski definition) is 1. The number of carbonyl (C=O) groups excluding carboxylic acids is 3. The number of ether oxygens (including phenoxy) is 1. The van der Waals surface area contributed by atoms with Crippen LogP contribution in [0, 0.1) is 34.5 Å². The predicted molar refractivity (Wildman–Crippen MR) is 108 cm³/mol. The van der Waals surface area contributed by atoms with Crippen LogP contribution in [0.1, 0.15) is 66.7 Å². The summed E-state index contributed by atoms with van der Waals surface area (Å²) in [6.07, 6.45) is 7.07. The highest BCUT2D eigenvalue weighted by Gasteiger charge is 2.68. The Morgan fingerprint density at radius 3 is 2.38 bits per heavy atom. The summed E-state index contributed by atoms with van der Waals surface area (Å²) in [5, 5.41) is 10.0. The summed E-state index contributed by atoms with van der Waals surface area (Å²) in [6.45, 7) is 9.23. The minimum Gasteiger partial charge on any atom is -0.508 e. The SMILES string of the molecule is CC(=O)O[C@@]1(C(C)=O)CC[C@H]2[C@@H]3C[C@H](C)C4=CC(O)=CC(=O)[C@]4(C)[C@H]3CC[C@@]21C. The Bertz CT molecular complexity index is 853. The number of rotatable bonds is 2. The van der Waals surface area contributed by atoms with Gasteiger partial charge < -0.3 is 9.84 Å². The molecule has 4 rings (SSSR count). The molecule has 29 heavy (non-hydrogen) atoms. The molecule has 3 fully saturated rings. The van der Waals surface area contributed by atoms with E-state index in [2.05, 4.69) is 13.8 Å². The molecular weight excluding hydrogens is 368 g/mol. The van der Waals surface area contributed by atoms with Gasteiger partial charge in [0, 0.05) is 18.4 Å². The highest BCUT2D eigenvalue weighted by Crippen LogP contribution is 2.68. The summed E-state index contributed by atoms with van der Waals surface area (Å²) in [4.78, 5) is 37.8. The first-order valence-electron chi connectivity index (χ1n) is 10.8. The van der Waals surface area contributed by atoms with Gasteiger partial charge >= 0.3 is 5.97 Å². The Morgan fingerprint density at radius 2 is 1.76 bits per heavy atom. The third kappa shape index (κ3) is 2.48. The Balaban J connectivity index is 1.76. The smallest absolute Gasteiger partial charge is 0.303 e. The van der Waals surface area contributed by atoms with Crippen LogP contribution >= 0.6 is 0 Å². The summed E-state index contributed by atoms with van der Waals surface area (Å²) in [5.41, 5.74) is -1.01. The van der Waals surface area contributed by atoms with Crippen LogP contribution in [0.4, 0.5) is 0 Å². The average Bonchev–Trinajstić information content (AvgIpc) is 2.91. The molecule has 7 atom stereocenters. The first-order valence-corrected chi connectivity index (χ1v) is 10.8. The Morgan fingerprint density at radius 1 is 1.10 bits per heavy atom. The van der Waals surface area contributed by atoms with Crippen molar-refractivity contribution < 1.29 is 24.2 Å². The molecule has 0 heterocycles. The van der Waals surface area contributed by atoms with E-state index in [1.807, 2.05) is 6.92 Å². The zero-order chi connectivity index (χ0) is 21.4. The number of hydrogen-bond acceptors (Lipinski definition) is 5. The zero-order valence-corrected chi connectivity index (χ0v) is 18.1. The summed E-state index contributed by atoms with van der Waals surface area (Å²) in [6, 6.07) is 0. The summed E-state index contributed by atoms with van der Waals surface area (Å²) in [7, 11) is 0. The Hall–Kier alpha value is -1.91. The van der Waals surface area contributed by atoms with Crippen molar-refractivity contribution in [3.63, 3.8) is 0 Å². The molecule has 0 spiro atoms. The molecule has 4 aliphatic carbocycles. The second kappa shape index (κ2) is 6.29. The lowest BCUT2D eigenvalue weighted by Crippen LogP contribution is -2.60. The van der Waals surface area contributed by atoms with Crippen LogP contribution in [0.5, 0.6) is 0 Å². The number of esters is 1. The lowest BCUT2D eigenvalue weighted by Gasteiger charge is -2.59. The maximum Gasteiger partial charge on any atom is 0.303 e. The number of aliphatic hydroxyl groups excluding tert-OH is 1. The van der Waals surface area contributed by atoms with Crippen LogP contribution in [0.25, 0.3) is 0 Å². The fourth-order valence-electron chi connectivity index (χ4n) is 7.76. The summed E-state index contributed by atoms with van der Waals surface area (Å²) < 4.78 is 5.80. The highest BCUT2D eigenvalue weighted by atomic mass is 16.6. The molecule has 0 aromatic rings. The third-order valence-corrected chi connectivity index (χ3v) is 9.04. The van der Waals surface area contributed by atoms with Gasteiger partial charge in [-0.05, 0) is 81.3 Å². The van der Waals surface area contributed by atoms with E-state index >= 15 is 0 Å². The van der Waals surface area contributed by atoms with Crippen LogP contribution in [0.2, 0.25) is 0 Å². The molecule has 0 aromatic carbocycles. The largest absolute Gasteiger partial charge is 0.508 e. The first-order chi connectivity index (χ1) is 13.5. The van der Waals surface area contributed by atoms with Crippen LogP contribution in [-0.4, -0.2) is 28.2 Å². The van der Waals surface area contributed by atoms with Crippen molar-refractivity contribution in [2.24, 2.45) is 34.5 Å². The van der Waals surface area contributed by atoms with Crippen LogP contribution in [-0.2, 0) is 19.1 Å². The number of Topliss-reactive ketones (excluding diaryl/α,β-unsaturated/α-hetero) is 1. The molecule has 0 unspecified atom stereocenters. The Kier molecular flexibility index (Phi) is 4.42. The van der Waals surface area contributed by atoms with Crippen molar-refractivity contribution in [3.8, 4) is 0 Å². The molecule has 0 aromatic heterocycles. The van der Waals surface area contributed by atoms with Gasteiger partial charge in [0.25, 0.3) is 0 Å². The molecule has 4 aliphatic rings. The van der Waals surface area contributed by atoms with Crippen molar-refractivity contribution in [1.82, 2.24) is 0 Å². The monoisotopic (exact) mass is 400 g/mol. The molecule has 0 radical (unpaired) electrons. The van der Waals surface area contributed by atoms with Crippen molar-refractivity contribution >= 4 is 17.5 Å². The van der Waals surface area contributed by atoms with E-state index in [0.717, 1.165) is 31.3 Å². The number of ketones is 2. The van der Waals surface area contributed by atoms with E-state index in [4.69, 9.17) is 4.74 Å². The molecule has 5 heteroatoms. The topological polar surface area (TPSA) is 80.7 Å². The Labute approximate surface area is 172 Å². The number of fused-ring (bicyclic) bond motifs is 5. The minimum atomic E-state index is -1.05. The van der Waals surface area contributed by atoms with Gasteiger partial charge in [-0.3, -0.25) is 14.4 Å². The van der Waals surface area contributed by atoms with Gasteiger partial charge in [-0.1, -0.05) is 13.8 Å².